The molecule has 0 fully saturated rings. The van der Waals surface area contributed by atoms with Gasteiger partial charge in [0.15, 0.2) is 5.78 Å². The molecule has 0 saturated carbocycles. The summed E-state index contributed by atoms with van der Waals surface area (Å²) in [5.41, 5.74) is 3.60. The van der Waals surface area contributed by atoms with Gasteiger partial charge in [-0.15, -0.1) is 0 Å². The Hall–Kier alpha value is -1.64. The zero-order valence-corrected chi connectivity index (χ0v) is 12.5. The summed E-state index contributed by atoms with van der Waals surface area (Å²) < 4.78 is 0. The molecule has 0 heterocycles. The molecule has 104 valence electrons. The lowest BCUT2D eigenvalue weighted by Crippen LogP contribution is -2.11. The van der Waals surface area contributed by atoms with Gasteiger partial charge in [0, 0.05) is 24.6 Å². The number of carbonyl (C=O) groups excluding carboxylic acids is 2. The molecule has 1 amide bonds. The minimum atomic E-state index is -0.109. The van der Waals surface area contributed by atoms with Crippen molar-refractivity contribution in [3.63, 3.8) is 0 Å². The molecule has 0 bridgehead atoms. The number of hydrogen-bond acceptors (Lipinski definition) is 2. The molecule has 0 radical (unpaired) electrons. The zero-order chi connectivity index (χ0) is 14.6. The molecule has 1 aromatic carbocycles. The van der Waals surface area contributed by atoms with Crippen LogP contribution in [0.5, 0.6) is 0 Å². The minimum absolute atomic E-state index is 0.109. The van der Waals surface area contributed by atoms with Gasteiger partial charge in [0.25, 0.3) is 0 Å². The molecule has 1 aromatic rings. The van der Waals surface area contributed by atoms with E-state index in [4.69, 9.17) is 0 Å². The fourth-order valence-electron chi connectivity index (χ4n) is 2.24. The third-order valence-corrected chi connectivity index (χ3v) is 3.05. The van der Waals surface area contributed by atoms with Crippen molar-refractivity contribution in [3.05, 3.63) is 28.8 Å². The average Bonchev–Trinajstić information content (AvgIpc) is 2.26. The Morgan fingerprint density at radius 2 is 1.89 bits per heavy atom. The second-order valence-corrected chi connectivity index (χ2v) is 5.38. The van der Waals surface area contributed by atoms with E-state index in [-0.39, 0.29) is 11.7 Å². The molecule has 0 spiro atoms. The number of amides is 1. The van der Waals surface area contributed by atoms with Crippen molar-refractivity contribution < 1.29 is 9.59 Å². The summed E-state index contributed by atoms with van der Waals surface area (Å²) >= 11 is 0. The van der Waals surface area contributed by atoms with Crippen molar-refractivity contribution in [1.82, 2.24) is 0 Å². The highest BCUT2D eigenvalue weighted by Crippen LogP contribution is 2.24. The SMILES string of the molecule is CCc1c(C)cc(C(=O)CC(C)C)cc1NC(C)=O. The molecule has 0 aromatic heterocycles. The van der Waals surface area contributed by atoms with Crippen molar-refractivity contribution >= 4 is 17.4 Å². The quantitative estimate of drug-likeness (QED) is 0.821. The first-order valence-electron chi connectivity index (χ1n) is 6.79. The summed E-state index contributed by atoms with van der Waals surface area (Å²) in [5, 5.41) is 2.82. The Kier molecular flexibility index (Phi) is 5.28. The van der Waals surface area contributed by atoms with Crippen LogP contribution in [0.15, 0.2) is 12.1 Å². The van der Waals surface area contributed by atoms with Crippen LogP contribution in [0.4, 0.5) is 5.69 Å². The van der Waals surface area contributed by atoms with E-state index in [0.717, 1.165) is 23.2 Å². The van der Waals surface area contributed by atoms with E-state index in [9.17, 15) is 9.59 Å². The lowest BCUT2D eigenvalue weighted by Gasteiger charge is -2.14. The summed E-state index contributed by atoms with van der Waals surface area (Å²) in [6.45, 7) is 9.57. The summed E-state index contributed by atoms with van der Waals surface area (Å²) in [6.07, 6.45) is 1.37. The Morgan fingerprint density at radius 1 is 1.26 bits per heavy atom. The summed E-state index contributed by atoms with van der Waals surface area (Å²) in [6, 6.07) is 3.73. The van der Waals surface area contributed by atoms with Gasteiger partial charge in [-0.3, -0.25) is 9.59 Å². The third-order valence-electron chi connectivity index (χ3n) is 3.05. The predicted molar refractivity (Wildman–Crippen MR) is 78.6 cm³/mol. The molecule has 0 aliphatic carbocycles. The van der Waals surface area contributed by atoms with Crippen molar-refractivity contribution in [2.45, 2.75) is 47.5 Å². The molecule has 19 heavy (non-hydrogen) atoms. The first kappa shape index (κ1) is 15.4. The van der Waals surface area contributed by atoms with Crippen molar-refractivity contribution in [1.29, 1.82) is 0 Å². The van der Waals surface area contributed by atoms with Crippen LogP contribution in [-0.4, -0.2) is 11.7 Å². The predicted octanol–water partition coefficient (Wildman–Crippen LogP) is 3.74. The van der Waals surface area contributed by atoms with Gasteiger partial charge in [0.1, 0.15) is 0 Å². The topological polar surface area (TPSA) is 46.2 Å². The van der Waals surface area contributed by atoms with Crippen LogP contribution in [0.2, 0.25) is 0 Å². The normalized spacial score (nSPS) is 10.6. The molecule has 0 unspecified atom stereocenters. The second kappa shape index (κ2) is 6.50. The monoisotopic (exact) mass is 261 g/mol. The van der Waals surface area contributed by atoms with E-state index in [2.05, 4.69) is 5.32 Å². The molecule has 0 aliphatic rings. The van der Waals surface area contributed by atoms with Gasteiger partial charge in [0.05, 0.1) is 0 Å². The van der Waals surface area contributed by atoms with E-state index >= 15 is 0 Å². The first-order chi connectivity index (χ1) is 8.85. The molecule has 1 N–H and O–H groups in total. The minimum Gasteiger partial charge on any atom is -0.326 e. The van der Waals surface area contributed by atoms with E-state index in [1.807, 2.05) is 33.8 Å². The van der Waals surface area contributed by atoms with Gasteiger partial charge in [-0.05, 0) is 42.5 Å². The lowest BCUT2D eigenvalue weighted by molar-refractivity contribution is -0.114. The summed E-state index contributed by atoms with van der Waals surface area (Å²) in [4.78, 5) is 23.4. The van der Waals surface area contributed by atoms with Crippen molar-refractivity contribution in [2.24, 2.45) is 5.92 Å². The average molecular weight is 261 g/mol. The first-order valence-corrected chi connectivity index (χ1v) is 6.79. The number of rotatable bonds is 5. The fraction of sp³-hybridized carbons (Fsp3) is 0.500. The smallest absolute Gasteiger partial charge is 0.221 e. The molecular weight excluding hydrogens is 238 g/mol. The van der Waals surface area contributed by atoms with Gasteiger partial charge in [-0.25, -0.2) is 0 Å². The summed E-state index contributed by atoms with van der Waals surface area (Å²) in [5.74, 6) is 0.359. The number of aryl methyl sites for hydroxylation is 1. The molecule has 3 nitrogen and oxygen atoms in total. The maximum Gasteiger partial charge on any atom is 0.221 e. The van der Waals surface area contributed by atoms with Crippen LogP contribution in [0.25, 0.3) is 0 Å². The number of benzene rings is 1. The Labute approximate surface area is 115 Å². The van der Waals surface area contributed by atoms with Gasteiger partial charge in [-0.2, -0.15) is 0 Å². The standard InChI is InChI=1S/C16H23NO2/c1-6-14-11(4)8-13(16(19)7-10(2)3)9-15(14)17-12(5)18/h8-10H,6-7H2,1-5H3,(H,17,18). The maximum atomic E-state index is 12.1. The molecule has 0 atom stereocenters. The molecule has 1 rings (SSSR count). The lowest BCUT2D eigenvalue weighted by atomic mass is 9.95. The second-order valence-electron chi connectivity index (χ2n) is 5.38. The number of ketones is 1. The molecule has 0 aliphatic heterocycles. The molecule has 0 saturated heterocycles. The van der Waals surface area contributed by atoms with E-state index in [1.165, 1.54) is 6.92 Å². The number of nitrogens with one attached hydrogen (secondary N) is 1. The number of carbonyl (C=O) groups is 2. The Bertz CT molecular complexity index is 490. The maximum absolute atomic E-state index is 12.1. The van der Waals surface area contributed by atoms with Gasteiger partial charge in [-0.1, -0.05) is 20.8 Å². The van der Waals surface area contributed by atoms with Crippen LogP contribution < -0.4 is 5.32 Å². The highest BCUT2D eigenvalue weighted by atomic mass is 16.1. The Morgan fingerprint density at radius 3 is 2.37 bits per heavy atom. The Balaban J connectivity index is 3.18. The summed E-state index contributed by atoms with van der Waals surface area (Å²) in [7, 11) is 0. The molecule has 3 heteroatoms. The van der Waals surface area contributed by atoms with Gasteiger partial charge in [0.2, 0.25) is 5.91 Å². The fourth-order valence-corrected chi connectivity index (χ4v) is 2.24. The van der Waals surface area contributed by atoms with Gasteiger partial charge < -0.3 is 5.32 Å². The van der Waals surface area contributed by atoms with Crippen molar-refractivity contribution in [2.75, 3.05) is 5.32 Å². The molecular formula is C16H23NO2. The van der Waals surface area contributed by atoms with Crippen LogP contribution in [-0.2, 0) is 11.2 Å². The number of anilines is 1. The van der Waals surface area contributed by atoms with Crippen LogP contribution in [0, 0.1) is 12.8 Å². The van der Waals surface area contributed by atoms with E-state index < -0.39 is 0 Å². The van der Waals surface area contributed by atoms with E-state index in [1.54, 1.807) is 6.07 Å². The largest absolute Gasteiger partial charge is 0.326 e. The number of Topliss-reactive ketones (excluding diaryl/α,β-unsaturated/α-hetero) is 1. The van der Waals surface area contributed by atoms with Crippen LogP contribution in [0.3, 0.4) is 0 Å². The number of hydrogen-bond donors (Lipinski definition) is 1. The van der Waals surface area contributed by atoms with Crippen LogP contribution >= 0.6 is 0 Å². The highest BCUT2D eigenvalue weighted by molar-refractivity contribution is 5.99. The van der Waals surface area contributed by atoms with Gasteiger partial charge >= 0.3 is 0 Å². The van der Waals surface area contributed by atoms with E-state index in [0.29, 0.717) is 17.9 Å². The highest BCUT2D eigenvalue weighted by Gasteiger charge is 2.13. The van der Waals surface area contributed by atoms with Crippen molar-refractivity contribution in [3.8, 4) is 0 Å². The van der Waals surface area contributed by atoms with Crippen LogP contribution in [0.1, 0.15) is 55.6 Å². The third kappa shape index (κ3) is 4.19. The zero-order valence-electron chi connectivity index (χ0n) is 12.5.